The van der Waals surface area contributed by atoms with Gasteiger partial charge in [-0.15, -0.1) is 0 Å². The number of likely N-dealkylation sites (tertiary alicyclic amines) is 1. The van der Waals surface area contributed by atoms with Gasteiger partial charge < -0.3 is 10.0 Å². The van der Waals surface area contributed by atoms with Gasteiger partial charge in [-0.1, -0.05) is 42.3 Å². The van der Waals surface area contributed by atoms with Crippen molar-refractivity contribution in [3.8, 4) is 11.8 Å². The van der Waals surface area contributed by atoms with E-state index < -0.39 is 5.60 Å². The molecule has 3 atom stereocenters. The first-order chi connectivity index (χ1) is 12.6. The zero-order chi connectivity index (χ0) is 18.2. The summed E-state index contributed by atoms with van der Waals surface area (Å²) in [5.74, 6) is 6.39. The minimum atomic E-state index is -0.936. The predicted octanol–water partition coefficient (Wildman–Crippen LogP) is 2.58. The van der Waals surface area contributed by atoms with E-state index in [4.69, 9.17) is 0 Å². The highest BCUT2D eigenvalue weighted by Gasteiger charge is 2.27. The Bertz CT molecular complexity index is 731. The summed E-state index contributed by atoms with van der Waals surface area (Å²) in [4.78, 5) is 5.77. The van der Waals surface area contributed by atoms with Crippen LogP contribution in [0.3, 0.4) is 0 Å². The Morgan fingerprint density at radius 1 is 1.19 bits per heavy atom. The van der Waals surface area contributed by atoms with Crippen molar-refractivity contribution in [2.75, 3.05) is 13.1 Å². The maximum absolute atomic E-state index is 10.6. The molecule has 1 aromatic carbocycles. The second-order valence-corrected chi connectivity index (χ2v) is 7.48. The maximum Gasteiger partial charge on any atom is 0.139 e. The van der Waals surface area contributed by atoms with E-state index in [1.165, 1.54) is 35.3 Å². The smallest absolute Gasteiger partial charge is 0.139 e. The maximum atomic E-state index is 10.6. The number of rotatable bonds is 5. The summed E-state index contributed by atoms with van der Waals surface area (Å²) in [6, 6.07) is 14.9. The largest absolute Gasteiger partial charge is 0.378 e. The van der Waals surface area contributed by atoms with Gasteiger partial charge in [0.05, 0.1) is 6.54 Å². The lowest BCUT2D eigenvalue weighted by Gasteiger charge is -2.31. The van der Waals surface area contributed by atoms with E-state index in [-0.39, 0.29) is 0 Å². The third-order valence-corrected chi connectivity index (χ3v) is 5.24. The molecule has 0 spiro atoms. The molecule has 1 aliphatic rings. The molecular formula is C23H29N2O+. The van der Waals surface area contributed by atoms with E-state index in [0.29, 0.717) is 12.5 Å². The van der Waals surface area contributed by atoms with Gasteiger partial charge in [0.25, 0.3) is 0 Å². The zero-order valence-electron chi connectivity index (χ0n) is 15.6. The summed E-state index contributed by atoms with van der Waals surface area (Å²) in [7, 11) is 0. The Labute approximate surface area is 157 Å². The molecule has 2 N–H and O–H groups in total. The van der Waals surface area contributed by atoms with Crippen LogP contribution in [0, 0.1) is 11.8 Å². The van der Waals surface area contributed by atoms with E-state index in [0.717, 1.165) is 19.5 Å². The molecule has 0 radical (unpaired) electrons. The fourth-order valence-corrected chi connectivity index (χ4v) is 3.72. The second kappa shape index (κ2) is 8.98. The van der Waals surface area contributed by atoms with Crippen molar-refractivity contribution in [3.05, 3.63) is 66.0 Å². The third kappa shape index (κ3) is 5.42. The van der Waals surface area contributed by atoms with Crippen LogP contribution in [0.1, 0.15) is 49.8 Å². The Morgan fingerprint density at radius 2 is 2.04 bits per heavy atom. The van der Waals surface area contributed by atoms with Gasteiger partial charge in [-0.05, 0) is 50.2 Å². The van der Waals surface area contributed by atoms with Gasteiger partial charge in [0.1, 0.15) is 18.2 Å². The van der Waals surface area contributed by atoms with Crippen LogP contribution in [0.4, 0.5) is 0 Å². The first kappa shape index (κ1) is 18.6. The number of aromatic nitrogens is 1. The molecule has 1 aliphatic heterocycles. The fourth-order valence-electron chi connectivity index (χ4n) is 3.72. The molecule has 2 aromatic rings. The van der Waals surface area contributed by atoms with Crippen molar-refractivity contribution in [2.24, 2.45) is 0 Å². The van der Waals surface area contributed by atoms with Gasteiger partial charge in [-0.3, -0.25) is 4.98 Å². The Morgan fingerprint density at radius 3 is 2.81 bits per heavy atom. The van der Waals surface area contributed by atoms with Gasteiger partial charge in [-0.2, -0.15) is 0 Å². The van der Waals surface area contributed by atoms with Crippen LogP contribution in [-0.2, 0) is 6.42 Å². The Kier molecular flexibility index (Phi) is 6.44. The van der Waals surface area contributed by atoms with Crippen LogP contribution in [0.5, 0.6) is 0 Å². The number of pyridine rings is 1. The van der Waals surface area contributed by atoms with Crippen LogP contribution >= 0.6 is 0 Å². The summed E-state index contributed by atoms with van der Waals surface area (Å²) in [6.45, 7) is 3.74. The highest BCUT2D eigenvalue weighted by molar-refractivity contribution is 5.18. The van der Waals surface area contributed by atoms with Gasteiger partial charge in [-0.25, -0.2) is 0 Å². The number of nitrogens with zero attached hydrogens (tertiary/aromatic N) is 1. The van der Waals surface area contributed by atoms with Gasteiger partial charge in [0.2, 0.25) is 0 Å². The van der Waals surface area contributed by atoms with Crippen molar-refractivity contribution < 1.29 is 10.0 Å². The molecule has 1 fully saturated rings. The van der Waals surface area contributed by atoms with Crippen LogP contribution in [0.2, 0.25) is 0 Å². The Hall–Kier alpha value is -2.15. The molecule has 1 aromatic heterocycles. The molecule has 26 heavy (non-hydrogen) atoms. The van der Waals surface area contributed by atoms with Crippen LogP contribution in [-0.4, -0.2) is 28.8 Å². The molecule has 0 amide bonds. The fraction of sp³-hybridized carbons (Fsp3) is 0.435. The number of piperidine rings is 1. The van der Waals surface area contributed by atoms with Crippen LogP contribution in [0.25, 0.3) is 0 Å². The van der Waals surface area contributed by atoms with E-state index in [2.05, 4.69) is 35.0 Å². The monoisotopic (exact) mass is 349 g/mol. The summed E-state index contributed by atoms with van der Waals surface area (Å²) in [5, 5.41) is 10.6. The standard InChI is InChI=1S/C23H28N2O/c1-23(26,15-13-20-9-3-2-4-10-20)14-8-18-25-17-6-5-12-22(25)21-11-7-16-24-19-21/h2-4,7,9-11,16,19,22,26H,5-6,12-13,15,17-18H2,1H3/p+1/t22-,23+/m1/s1. The number of hydrogen-bond acceptors (Lipinski definition) is 2. The summed E-state index contributed by atoms with van der Waals surface area (Å²) < 4.78 is 0. The first-order valence-corrected chi connectivity index (χ1v) is 9.65. The average molecular weight is 349 g/mol. The molecule has 0 bridgehead atoms. The van der Waals surface area contributed by atoms with Crippen LogP contribution < -0.4 is 4.90 Å². The van der Waals surface area contributed by atoms with Crippen molar-refractivity contribution in [2.45, 2.75) is 50.7 Å². The van der Waals surface area contributed by atoms with Gasteiger partial charge in [0, 0.05) is 24.4 Å². The van der Waals surface area contributed by atoms with Crippen molar-refractivity contribution >= 4 is 0 Å². The first-order valence-electron chi connectivity index (χ1n) is 9.65. The molecule has 3 rings (SSSR count). The summed E-state index contributed by atoms with van der Waals surface area (Å²) in [6.07, 6.45) is 9.02. The average Bonchev–Trinajstić information content (AvgIpc) is 2.68. The van der Waals surface area contributed by atoms with Crippen molar-refractivity contribution in [3.63, 3.8) is 0 Å². The second-order valence-electron chi connectivity index (χ2n) is 7.48. The van der Waals surface area contributed by atoms with Gasteiger partial charge in [0.15, 0.2) is 0 Å². The molecule has 0 saturated carbocycles. The van der Waals surface area contributed by atoms with E-state index >= 15 is 0 Å². The van der Waals surface area contributed by atoms with Crippen LogP contribution in [0.15, 0.2) is 54.9 Å². The van der Waals surface area contributed by atoms with Crippen molar-refractivity contribution in [1.82, 2.24) is 4.98 Å². The quantitative estimate of drug-likeness (QED) is 0.814. The van der Waals surface area contributed by atoms with E-state index in [9.17, 15) is 5.11 Å². The van der Waals surface area contributed by atoms with Crippen molar-refractivity contribution in [1.29, 1.82) is 0 Å². The Balaban J connectivity index is 1.58. The third-order valence-electron chi connectivity index (χ3n) is 5.24. The molecule has 0 aliphatic carbocycles. The minimum absolute atomic E-state index is 0.473. The van der Waals surface area contributed by atoms with E-state index in [1.807, 2.05) is 43.6 Å². The topological polar surface area (TPSA) is 37.6 Å². The highest BCUT2D eigenvalue weighted by atomic mass is 16.3. The molecular weight excluding hydrogens is 320 g/mol. The summed E-state index contributed by atoms with van der Waals surface area (Å²) >= 11 is 0. The normalized spacial score (nSPS) is 22.1. The number of aryl methyl sites for hydroxylation is 1. The van der Waals surface area contributed by atoms with E-state index in [1.54, 1.807) is 0 Å². The lowest BCUT2D eigenvalue weighted by atomic mass is 9.96. The molecule has 2 heterocycles. The number of quaternary nitrogens is 1. The zero-order valence-corrected chi connectivity index (χ0v) is 15.6. The van der Waals surface area contributed by atoms with Gasteiger partial charge >= 0.3 is 0 Å². The minimum Gasteiger partial charge on any atom is -0.378 e. The molecule has 3 heteroatoms. The highest BCUT2D eigenvalue weighted by Crippen LogP contribution is 2.18. The number of nitrogens with one attached hydrogen (secondary N) is 1. The summed E-state index contributed by atoms with van der Waals surface area (Å²) in [5.41, 5.74) is 1.61. The molecule has 1 unspecified atom stereocenters. The molecule has 1 saturated heterocycles. The SMILES string of the molecule is C[C@](O)(C#CC[NH+]1CCCC[C@@H]1c1cccnc1)CCc1ccccc1. The molecule has 136 valence electrons. The number of aliphatic hydroxyl groups is 1. The lowest BCUT2D eigenvalue weighted by molar-refractivity contribution is -0.930. The lowest BCUT2D eigenvalue weighted by Crippen LogP contribution is -3.13. The molecule has 3 nitrogen and oxygen atoms in total. The number of benzene rings is 1. The predicted molar refractivity (Wildman–Crippen MR) is 105 cm³/mol. The number of hydrogen-bond donors (Lipinski definition) is 2.